The minimum absolute atomic E-state index is 0.158. The Labute approximate surface area is 116 Å². The summed E-state index contributed by atoms with van der Waals surface area (Å²) in [5, 5.41) is 9.18. The van der Waals surface area contributed by atoms with Crippen LogP contribution in [0, 0.1) is 12.7 Å². The number of carboxylic acids is 1. The van der Waals surface area contributed by atoms with Crippen LogP contribution in [0.4, 0.5) is 4.39 Å². The van der Waals surface area contributed by atoms with E-state index < -0.39 is 23.7 Å². The topological polar surface area (TPSA) is 66.8 Å². The Hall–Kier alpha value is -1.95. The summed E-state index contributed by atoms with van der Waals surface area (Å²) in [7, 11) is 1.48. The van der Waals surface area contributed by atoms with Gasteiger partial charge >= 0.3 is 5.97 Å². The second kappa shape index (κ2) is 5.58. The normalized spacial score (nSPS) is 22.1. The summed E-state index contributed by atoms with van der Waals surface area (Å²) in [6.45, 7) is 1.87. The van der Waals surface area contributed by atoms with Gasteiger partial charge in [0.2, 0.25) is 0 Å². The average Bonchev–Trinajstić information content (AvgIpc) is 2.81. The molecule has 1 heterocycles. The number of aliphatic carboxylic acids is 1. The van der Waals surface area contributed by atoms with Gasteiger partial charge in [0.15, 0.2) is 0 Å². The van der Waals surface area contributed by atoms with Crippen LogP contribution in [0.3, 0.4) is 0 Å². The molecule has 1 fully saturated rings. The van der Waals surface area contributed by atoms with E-state index in [1.54, 1.807) is 13.0 Å². The lowest BCUT2D eigenvalue weighted by Crippen LogP contribution is -2.40. The van der Waals surface area contributed by atoms with E-state index in [9.17, 15) is 19.1 Å². The first-order valence-corrected chi connectivity index (χ1v) is 6.26. The predicted octanol–water partition coefficient (Wildman–Crippen LogP) is 1.45. The highest BCUT2D eigenvalue weighted by atomic mass is 19.1. The minimum atomic E-state index is -1.08. The molecule has 1 aliphatic heterocycles. The van der Waals surface area contributed by atoms with E-state index in [1.165, 1.54) is 18.1 Å². The Morgan fingerprint density at radius 2 is 2.10 bits per heavy atom. The number of halogens is 1. The third kappa shape index (κ3) is 2.80. The summed E-state index contributed by atoms with van der Waals surface area (Å²) in [4.78, 5) is 24.8. The van der Waals surface area contributed by atoms with E-state index in [0.717, 1.165) is 6.07 Å². The number of hydrogen-bond donors (Lipinski definition) is 1. The Balaban J connectivity index is 2.28. The number of carbonyl (C=O) groups is 2. The Morgan fingerprint density at radius 1 is 1.40 bits per heavy atom. The van der Waals surface area contributed by atoms with Crippen molar-refractivity contribution in [2.45, 2.75) is 25.5 Å². The van der Waals surface area contributed by atoms with Gasteiger partial charge in [-0.1, -0.05) is 0 Å². The van der Waals surface area contributed by atoms with Crippen LogP contribution < -0.4 is 0 Å². The molecule has 0 saturated carbocycles. The van der Waals surface area contributed by atoms with E-state index in [2.05, 4.69) is 0 Å². The fourth-order valence-electron chi connectivity index (χ4n) is 2.45. The molecule has 6 heteroatoms. The van der Waals surface area contributed by atoms with Crippen LogP contribution in [0.1, 0.15) is 22.3 Å². The van der Waals surface area contributed by atoms with Crippen molar-refractivity contribution in [2.75, 3.05) is 13.7 Å². The Kier molecular flexibility index (Phi) is 4.04. The van der Waals surface area contributed by atoms with Gasteiger partial charge in [-0.05, 0) is 30.7 Å². The number of hydrogen-bond acceptors (Lipinski definition) is 3. The third-order valence-electron chi connectivity index (χ3n) is 3.43. The standard InChI is InChI=1S/C14H16FNO4/c1-8-3-9(5-10(15)4-8)13(17)16-7-11(20-2)6-12(16)14(18)19/h3-5,11-12H,6-7H2,1-2H3,(H,18,19). The zero-order valence-electron chi connectivity index (χ0n) is 11.3. The molecule has 1 aromatic carbocycles. The molecule has 1 aliphatic rings. The lowest BCUT2D eigenvalue weighted by atomic mass is 10.1. The molecule has 2 atom stereocenters. The largest absolute Gasteiger partial charge is 0.480 e. The first-order chi connectivity index (χ1) is 9.42. The van der Waals surface area contributed by atoms with E-state index >= 15 is 0 Å². The van der Waals surface area contributed by atoms with Crippen molar-refractivity contribution in [3.05, 3.63) is 35.1 Å². The highest BCUT2D eigenvalue weighted by Crippen LogP contribution is 2.23. The summed E-state index contributed by atoms with van der Waals surface area (Å²) < 4.78 is 18.5. The fraction of sp³-hybridized carbons (Fsp3) is 0.429. The van der Waals surface area contributed by atoms with Crippen LogP contribution in [0.5, 0.6) is 0 Å². The van der Waals surface area contributed by atoms with Crippen molar-refractivity contribution in [2.24, 2.45) is 0 Å². The lowest BCUT2D eigenvalue weighted by molar-refractivity contribution is -0.141. The van der Waals surface area contributed by atoms with Crippen molar-refractivity contribution in [1.82, 2.24) is 4.90 Å². The van der Waals surface area contributed by atoms with Crippen LogP contribution in [0.25, 0.3) is 0 Å². The molecule has 0 radical (unpaired) electrons. The number of benzene rings is 1. The molecule has 1 aromatic rings. The molecule has 2 rings (SSSR count). The van der Waals surface area contributed by atoms with Gasteiger partial charge in [0.05, 0.1) is 6.10 Å². The number of aryl methyl sites for hydroxylation is 1. The second-order valence-corrected chi connectivity index (χ2v) is 4.92. The molecular weight excluding hydrogens is 265 g/mol. The van der Waals surface area contributed by atoms with Crippen LogP contribution in [-0.4, -0.2) is 47.7 Å². The zero-order chi connectivity index (χ0) is 14.9. The highest BCUT2D eigenvalue weighted by Gasteiger charge is 2.40. The van der Waals surface area contributed by atoms with Crippen molar-refractivity contribution in [3.63, 3.8) is 0 Å². The maximum absolute atomic E-state index is 13.4. The number of carbonyl (C=O) groups excluding carboxylic acids is 1. The van der Waals surface area contributed by atoms with Crippen LogP contribution in [-0.2, 0) is 9.53 Å². The SMILES string of the molecule is COC1CC(C(=O)O)N(C(=O)c2cc(C)cc(F)c2)C1. The molecule has 0 bridgehead atoms. The monoisotopic (exact) mass is 281 g/mol. The van der Waals surface area contributed by atoms with Crippen molar-refractivity contribution < 1.29 is 23.8 Å². The molecule has 1 N–H and O–H groups in total. The smallest absolute Gasteiger partial charge is 0.326 e. The fourth-order valence-corrected chi connectivity index (χ4v) is 2.45. The Morgan fingerprint density at radius 3 is 2.65 bits per heavy atom. The molecule has 20 heavy (non-hydrogen) atoms. The number of ether oxygens (including phenoxy) is 1. The Bertz CT molecular complexity index is 526. The van der Waals surface area contributed by atoms with Gasteiger partial charge in [0, 0.05) is 25.6 Å². The molecule has 0 aliphatic carbocycles. The predicted molar refractivity (Wildman–Crippen MR) is 69.0 cm³/mol. The zero-order valence-corrected chi connectivity index (χ0v) is 11.3. The van der Waals surface area contributed by atoms with E-state index in [0.29, 0.717) is 5.56 Å². The first kappa shape index (κ1) is 14.5. The number of nitrogens with zero attached hydrogens (tertiary/aromatic N) is 1. The number of methoxy groups -OCH3 is 1. The van der Waals surface area contributed by atoms with Crippen LogP contribution >= 0.6 is 0 Å². The summed E-state index contributed by atoms with van der Waals surface area (Å²) in [5.74, 6) is -2.08. The maximum Gasteiger partial charge on any atom is 0.326 e. The van der Waals surface area contributed by atoms with Crippen LogP contribution in [0.2, 0.25) is 0 Å². The maximum atomic E-state index is 13.4. The van der Waals surface area contributed by atoms with Gasteiger partial charge in [0.1, 0.15) is 11.9 Å². The number of amides is 1. The summed E-state index contributed by atoms with van der Waals surface area (Å²) in [6, 6.07) is 3.04. The summed E-state index contributed by atoms with van der Waals surface area (Å²) >= 11 is 0. The molecule has 0 spiro atoms. The molecule has 108 valence electrons. The minimum Gasteiger partial charge on any atom is -0.480 e. The number of likely N-dealkylation sites (tertiary alicyclic amines) is 1. The molecule has 0 aromatic heterocycles. The third-order valence-corrected chi connectivity index (χ3v) is 3.43. The van der Waals surface area contributed by atoms with Gasteiger partial charge in [-0.25, -0.2) is 9.18 Å². The molecule has 1 saturated heterocycles. The van der Waals surface area contributed by atoms with Gasteiger partial charge in [-0.3, -0.25) is 4.79 Å². The quantitative estimate of drug-likeness (QED) is 0.910. The summed E-state index contributed by atoms with van der Waals surface area (Å²) in [6.07, 6.45) is -0.0685. The van der Waals surface area contributed by atoms with Crippen molar-refractivity contribution in [1.29, 1.82) is 0 Å². The summed E-state index contributed by atoms with van der Waals surface area (Å²) in [5.41, 5.74) is 0.771. The van der Waals surface area contributed by atoms with Gasteiger partial charge in [-0.2, -0.15) is 0 Å². The van der Waals surface area contributed by atoms with E-state index in [4.69, 9.17) is 4.74 Å². The van der Waals surface area contributed by atoms with E-state index in [-0.39, 0.29) is 24.6 Å². The second-order valence-electron chi connectivity index (χ2n) is 4.92. The molecule has 2 unspecified atom stereocenters. The van der Waals surface area contributed by atoms with Gasteiger partial charge in [-0.15, -0.1) is 0 Å². The lowest BCUT2D eigenvalue weighted by Gasteiger charge is -2.21. The van der Waals surface area contributed by atoms with Crippen LogP contribution in [0.15, 0.2) is 18.2 Å². The van der Waals surface area contributed by atoms with Gasteiger partial charge in [0.25, 0.3) is 5.91 Å². The van der Waals surface area contributed by atoms with E-state index in [1.807, 2.05) is 0 Å². The van der Waals surface area contributed by atoms with Gasteiger partial charge < -0.3 is 14.7 Å². The molecular formula is C14H16FNO4. The first-order valence-electron chi connectivity index (χ1n) is 6.26. The molecule has 1 amide bonds. The average molecular weight is 281 g/mol. The number of carboxylic acid groups (broad SMARTS) is 1. The molecule has 5 nitrogen and oxygen atoms in total. The number of rotatable bonds is 3. The van der Waals surface area contributed by atoms with Crippen molar-refractivity contribution in [3.8, 4) is 0 Å². The highest BCUT2D eigenvalue weighted by molar-refractivity contribution is 5.97. The van der Waals surface area contributed by atoms with Crippen molar-refractivity contribution >= 4 is 11.9 Å².